The van der Waals surface area contributed by atoms with Gasteiger partial charge in [-0.3, -0.25) is 9.59 Å². The molecular formula is C21H20FN3O2. The predicted molar refractivity (Wildman–Crippen MR) is 104 cm³/mol. The van der Waals surface area contributed by atoms with E-state index in [-0.39, 0.29) is 11.8 Å². The van der Waals surface area contributed by atoms with E-state index in [1.54, 1.807) is 22.6 Å². The number of aromatic nitrogens is 1. The van der Waals surface area contributed by atoms with Crippen LogP contribution in [0.3, 0.4) is 0 Å². The number of hydrogen-bond acceptors (Lipinski definition) is 2. The van der Waals surface area contributed by atoms with Crippen molar-refractivity contribution in [2.24, 2.45) is 7.05 Å². The Morgan fingerprint density at radius 2 is 1.89 bits per heavy atom. The van der Waals surface area contributed by atoms with E-state index in [1.807, 2.05) is 31.2 Å². The first-order valence-electron chi connectivity index (χ1n) is 8.92. The summed E-state index contributed by atoms with van der Waals surface area (Å²) in [4.78, 5) is 27.1. The predicted octanol–water partition coefficient (Wildman–Crippen LogP) is 4.00. The minimum atomic E-state index is -0.397. The van der Waals surface area contributed by atoms with Crippen molar-refractivity contribution < 1.29 is 14.0 Å². The third-order valence-corrected chi connectivity index (χ3v) is 5.00. The molecule has 27 heavy (non-hydrogen) atoms. The van der Waals surface area contributed by atoms with E-state index >= 15 is 0 Å². The first-order valence-corrected chi connectivity index (χ1v) is 8.92. The number of rotatable bonds is 3. The van der Waals surface area contributed by atoms with Gasteiger partial charge in [0.2, 0.25) is 5.91 Å². The average Bonchev–Trinajstić information content (AvgIpc) is 3.17. The number of halogens is 1. The van der Waals surface area contributed by atoms with Crippen molar-refractivity contribution in [1.29, 1.82) is 0 Å². The summed E-state index contributed by atoms with van der Waals surface area (Å²) in [7, 11) is 1.76. The second-order valence-electron chi connectivity index (χ2n) is 6.89. The third-order valence-electron chi connectivity index (χ3n) is 5.00. The Hall–Kier alpha value is -3.15. The summed E-state index contributed by atoms with van der Waals surface area (Å²) in [6.45, 7) is 2.50. The molecule has 0 spiro atoms. The summed E-state index contributed by atoms with van der Waals surface area (Å²) in [5.74, 6) is -0.768. The Bertz CT molecular complexity index is 1050. The number of nitrogens with zero attached hydrogens (tertiary/aromatic N) is 2. The molecule has 0 saturated carbocycles. The fraction of sp³-hybridized carbons (Fsp3) is 0.238. The van der Waals surface area contributed by atoms with Crippen molar-refractivity contribution in [3.8, 4) is 0 Å². The maximum Gasteiger partial charge on any atom is 0.274 e. The van der Waals surface area contributed by atoms with E-state index < -0.39 is 5.82 Å². The summed E-state index contributed by atoms with van der Waals surface area (Å²) in [5.41, 5.74) is 3.31. The molecule has 6 heteroatoms. The van der Waals surface area contributed by atoms with Gasteiger partial charge in [-0.15, -0.1) is 0 Å². The van der Waals surface area contributed by atoms with Crippen LogP contribution in [-0.2, 0) is 11.8 Å². The molecular weight excluding hydrogens is 345 g/mol. The van der Waals surface area contributed by atoms with Gasteiger partial charge >= 0.3 is 0 Å². The van der Waals surface area contributed by atoms with Crippen molar-refractivity contribution in [2.75, 3.05) is 16.8 Å². The molecule has 4 rings (SSSR count). The Kier molecular flexibility index (Phi) is 4.18. The molecule has 0 radical (unpaired) electrons. The highest BCUT2D eigenvalue weighted by molar-refractivity contribution is 6.17. The van der Waals surface area contributed by atoms with Crippen LogP contribution in [0.4, 0.5) is 15.8 Å². The van der Waals surface area contributed by atoms with E-state index in [1.165, 1.54) is 12.1 Å². The van der Waals surface area contributed by atoms with Gasteiger partial charge in [0.1, 0.15) is 11.5 Å². The van der Waals surface area contributed by atoms with E-state index in [0.29, 0.717) is 40.9 Å². The molecule has 2 heterocycles. The second kappa shape index (κ2) is 6.54. The molecule has 138 valence electrons. The topological polar surface area (TPSA) is 54.3 Å². The Labute approximate surface area is 156 Å². The molecule has 5 nitrogen and oxygen atoms in total. The minimum Gasteiger partial charge on any atom is -0.338 e. The van der Waals surface area contributed by atoms with Crippen LogP contribution < -0.4 is 10.2 Å². The van der Waals surface area contributed by atoms with Crippen molar-refractivity contribution >= 4 is 34.1 Å². The average molecular weight is 365 g/mol. The Morgan fingerprint density at radius 1 is 1.15 bits per heavy atom. The van der Waals surface area contributed by atoms with Crippen molar-refractivity contribution in [3.63, 3.8) is 0 Å². The fourth-order valence-electron chi connectivity index (χ4n) is 3.64. The van der Waals surface area contributed by atoms with E-state index in [2.05, 4.69) is 5.32 Å². The zero-order valence-electron chi connectivity index (χ0n) is 15.3. The third kappa shape index (κ3) is 2.97. The van der Waals surface area contributed by atoms with E-state index in [9.17, 15) is 14.0 Å². The maximum absolute atomic E-state index is 13.9. The molecule has 2 aromatic carbocycles. The van der Waals surface area contributed by atoms with Crippen LogP contribution in [0.25, 0.3) is 10.9 Å². The van der Waals surface area contributed by atoms with Gasteiger partial charge in [0.05, 0.1) is 11.2 Å². The largest absolute Gasteiger partial charge is 0.338 e. The Balaban J connectivity index is 1.85. The van der Waals surface area contributed by atoms with Crippen LogP contribution in [-0.4, -0.2) is 22.9 Å². The maximum atomic E-state index is 13.9. The Morgan fingerprint density at radius 3 is 2.56 bits per heavy atom. The molecule has 0 unspecified atom stereocenters. The normalized spacial score (nSPS) is 14.2. The first kappa shape index (κ1) is 17.3. The van der Waals surface area contributed by atoms with Crippen LogP contribution >= 0.6 is 0 Å². The lowest BCUT2D eigenvalue weighted by Crippen LogP contribution is -2.27. The number of benzene rings is 2. The number of fused-ring (bicyclic) bond motifs is 1. The smallest absolute Gasteiger partial charge is 0.274 e. The highest BCUT2D eigenvalue weighted by Gasteiger charge is 2.31. The fourth-order valence-corrected chi connectivity index (χ4v) is 3.64. The summed E-state index contributed by atoms with van der Waals surface area (Å²) in [6, 6.07) is 11.9. The van der Waals surface area contributed by atoms with Gasteiger partial charge in [-0.2, -0.15) is 0 Å². The lowest BCUT2D eigenvalue weighted by Gasteiger charge is -2.18. The number of hydrogen-bond donors (Lipinski definition) is 1. The molecule has 2 amide bonds. The molecule has 1 aliphatic rings. The van der Waals surface area contributed by atoms with Gasteiger partial charge in [0.25, 0.3) is 5.91 Å². The molecule has 0 atom stereocenters. The quantitative estimate of drug-likeness (QED) is 0.763. The number of amides is 2. The van der Waals surface area contributed by atoms with E-state index in [0.717, 1.165) is 12.0 Å². The first-order chi connectivity index (χ1) is 13.0. The zero-order chi connectivity index (χ0) is 19.1. The van der Waals surface area contributed by atoms with Gasteiger partial charge in [0.15, 0.2) is 0 Å². The van der Waals surface area contributed by atoms with Crippen molar-refractivity contribution in [3.05, 3.63) is 59.5 Å². The lowest BCUT2D eigenvalue weighted by atomic mass is 10.2. The van der Waals surface area contributed by atoms with Gasteiger partial charge in [-0.1, -0.05) is 17.7 Å². The van der Waals surface area contributed by atoms with Crippen LogP contribution in [0.1, 0.15) is 28.9 Å². The monoisotopic (exact) mass is 365 g/mol. The van der Waals surface area contributed by atoms with Crippen LogP contribution in [0.2, 0.25) is 0 Å². The minimum absolute atomic E-state index is 0.0452. The molecule has 1 N–H and O–H groups in total. The second-order valence-corrected chi connectivity index (χ2v) is 6.89. The highest BCUT2D eigenvalue weighted by Crippen LogP contribution is 2.36. The van der Waals surface area contributed by atoms with Crippen molar-refractivity contribution in [1.82, 2.24) is 4.57 Å². The number of anilines is 2. The molecule has 1 aliphatic heterocycles. The van der Waals surface area contributed by atoms with Crippen LogP contribution in [0, 0.1) is 12.7 Å². The summed E-state index contributed by atoms with van der Waals surface area (Å²) in [5, 5.41) is 3.46. The van der Waals surface area contributed by atoms with Crippen LogP contribution in [0.5, 0.6) is 0 Å². The van der Waals surface area contributed by atoms with Gasteiger partial charge in [-0.25, -0.2) is 4.39 Å². The summed E-state index contributed by atoms with van der Waals surface area (Å²) >= 11 is 0. The lowest BCUT2D eigenvalue weighted by molar-refractivity contribution is -0.117. The summed E-state index contributed by atoms with van der Waals surface area (Å²) in [6.07, 6.45) is 1.16. The molecule has 1 aromatic heterocycles. The molecule has 0 aliphatic carbocycles. The number of carbonyl (C=O) groups is 2. The van der Waals surface area contributed by atoms with Gasteiger partial charge < -0.3 is 14.8 Å². The molecule has 1 fully saturated rings. The summed E-state index contributed by atoms with van der Waals surface area (Å²) < 4.78 is 15.6. The van der Waals surface area contributed by atoms with Gasteiger partial charge in [0, 0.05) is 31.1 Å². The number of aryl methyl sites for hydroxylation is 2. The van der Waals surface area contributed by atoms with E-state index in [4.69, 9.17) is 0 Å². The SMILES string of the molecule is Cc1ccc(NC(=O)c2c(N3CCCC3=O)c3cc(F)ccc3n2C)cc1. The molecule has 1 saturated heterocycles. The molecule has 3 aromatic rings. The van der Waals surface area contributed by atoms with Crippen LogP contribution in [0.15, 0.2) is 42.5 Å². The number of nitrogens with one attached hydrogen (secondary N) is 1. The number of carbonyl (C=O) groups excluding carboxylic acids is 2. The standard InChI is InChI=1S/C21H20FN3O2/c1-13-5-8-15(9-6-13)23-21(27)20-19(25-11-3-4-18(25)26)16-12-14(22)7-10-17(16)24(20)2/h5-10,12H,3-4,11H2,1-2H3,(H,23,27). The zero-order valence-corrected chi connectivity index (χ0v) is 15.3. The van der Waals surface area contributed by atoms with Crippen molar-refractivity contribution in [2.45, 2.75) is 19.8 Å². The highest BCUT2D eigenvalue weighted by atomic mass is 19.1. The molecule has 0 bridgehead atoms. The van der Waals surface area contributed by atoms with Gasteiger partial charge in [-0.05, 0) is 43.7 Å².